The Morgan fingerprint density at radius 2 is 2.35 bits per heavy atom. The fourth-order valence-corrected chi connectivity index (χ4v) is 2.24. The van der Waals surface area contributed by atoms with Crippen molar-refractivity contribution in [1.82, 2.24) is 0 Å². The monoisotopic (exact) mass is 259 g/mol. The maximum Gasteiger partial charge on any atom is 0.348 e. The molecule has 17 heavy (non-hydrogen) atoms. The lowest BCUT2D eigenvalue weighted by atomic mass is 10.2. The van der Waals surface area contributed by atoms with E-state index in [-0.39, 0.29) is 0 Å². The number of rotatable bonds is 6. The SMILES string of the molecule is COC(=O)c1ccc(CCC(O)C[N+](=O)[O-])s1. The van der Waals surface area contributed by atoms with Gasteiger partial charge in [-0.1, -0.05) is 0 Å². The summed E-state index contributed by atoms with van der Waals surface area (Å²) in [5.74, 6) is -0.396. The second kappa shape index (κ2) is 6.31. The first-order valence-corrected chi connectivity index (χ1v) is 5.81. The van der Waals surface area contributed by atoms with Crippen LogP contribution in [0.4, 0.5) is 0 Å². The molecule has 0 spiro atoms. The van der Waals surface area contributed by atoms with Gasteiger partial charge >= 0.3 is 5.97 Å². The van der Waals surface area contributed by atoms with Gasteiger partial charge in [0.15, 0.2) is 0 Å². The Kier molecular flexibility index (Phi) is 5.05. The van der Waals surface area contributed by atoms with Crippen LogP contribution in [0.15, 0.2) is 12.1 Å². The molecule has 0 radical (unpaired) electrons. The normalized spacial score (nSPS) is 12.1. The number of aliphatic hydroxyl groups excluding tert-OH is 1. The number of nitrogens with zero attached hydrogens (tertiary/aromatic N) is 1. The van der Waals surface area contributed by atoms with Gasteiger partial charge in [-0.3, -0.25) is 10.1 Å². The number of hydrogen-bond acceptors (Lipinski definition) is 6. The second-order valence-electron chi connectivity index (χ2n) is 3.47. The summed E-state index contributed by atoms with van der Waals surface area (Å²) in [6, 6.07) is 3.40. The summed E-state index contributed by atoms with van der Waals surface area (Å²) >= 11 is 1.27. The van der Waals surface area contributed by atoms with E-state index in [0.717, 1.165) is 4.88 Å². The zero-order valence-corrected chi connectivity index (χ0v) is 10.1. The fourth-order valence-electron chi connectivity index (χ4n) is 1.29. The average Bonchev–Trinajstić information content (AvgIpc) is 2.73. The Balaban J connectivity index is 2.44. The molecular weight excluding hydrogens is 246 g/mol. The standard InChI is InChI=1S/C10H13NO5S/c1-16-10(13)9-5-4-8(17-9)3-2-7(12)6-11(14)15/h4-5,7,12H,2-3,6H2,1H3. The van der Waals surface area contributed by atoms with Gasteiger partial charge in [0.05, 0.1) is 7.11 Å². The molecule has 6 nitrogen and oxygen atoms in total. The minimum atomic E-state index is -0.950. The number of nitro groups is 1. The molecule has 0 aliphatic carbocycles. The minimum absolute atomic E-state index is 0.308. The number of aliphatic hydroxyl groups is 1. The Morgan fingerprint density at radius 1 is 1.65 bits per heavy atom. The third kappa shape index (κ3) is 4.49. The van der Waals surface area contributed by atoms with Crippen molar-refractivity contribution in [2.24, 2.45) is 0 Å². The van der Waals surface area contributed by atoms with Gasteiger partial charge in [-0.15, -0.1) is 11.3 Å². The lowest BCUT2D eigenvalue weighted by Gasteiger charge is -2.03. The molecule has 1 aromatic rings. The van der Waals surface area contributed by atoms with Gasteiger partial charge in [0.25, 0.3) is 0 Å². The highest BCUT2D eigenvalue weighted by atomic mass is 32.1. The van der Waals surface area contributed by atoms with Crippen molar-refractivity contribution in [2.45, 2.75) is 18.9 Å². The van der Waals surface area contributed by atoms with E-state index >= 15 is 0 Å². The van der Waals surface area contributed by atoms with Crippen LogP contribution in [0.5, 0.6) is 0 Å². The van der Waals surface area contributed by atoms with Crippen LogP contribution < -0.4 is 0 Å². The topological polar surface area (TPSA) is 89.7 Å². The number of ether oxygens (including phenoxy) is 1. The summed E-state index contributed by atoms with van der Waals surface area (Å²) in [4.78, 5) is 22.1. The summed E-state index contributed by atoms with van der Waals surface area (Å²) < 4.78 is 4.56. The van der Waals surface area contributed by atoms with Gasteiger partial charge in [-0.2, -0.15) is 0 Å². The van der Waals surface area contributed by atoms with Gasteiger partial charge in [0, 0.05) is 9.80 Å². The van der Waals surface area contributed by atoms with Crippen LogP contribution in [0.3, 0.4) is 0 Å². The molecule has 0 aliphatic rings. The predicted molar refractivity (Wildman–Crippen MR) is 61.8 cm³/mol. The van der Waals surface area contributed by atoms with Crippen LogP contribution >= 0.6 is 11.3 Å². The van der Waals surface area contributed by atoms with Crippen LogP contribution in [0.25, 0.3) is 0 Å². The van der Waals surface area contributed by atoms with E-state index in [1.165, 1.54) is 18.4 Å². The molecule has 1 atom stereocenters. The van der Waals surface area contributed by atoms with E-state index in [0.29, 0.717) is 17.7 Å². The molecule has 94 valence electrons. The van der Waals surface area contributed by atoms with Crippen molar-refractivity contribution in [2.75, 3.05) is 13.7 Å². The number of methoxy groups -OCH3 is 1. The molecule has 1 aromatic heterocycles. The molecule has 7 heteroatoms. The second-order valence-corrected chi connectivity index (χ2v) is 4.63. The van der Waals surface area contributed by atoms with E-state index in [2.05, 4.69) is 4.74 Å². The lowest BCUT2D eigenvalue weighted by Crippen LogP contribution is -2.19. The third-order valence-corrected chi connectivity index (χ3v) is 3.26. The molecule has 0 bridgehead atoms. The molecule has 1 N–H and O–H groups in total. The third-order valence-electron chi connectivity index (χ3n) is 2.13. The lowest BCUT2D eigenvalue weighted by molar-refractivity contribution is -0.490. The van der Waals surface area contributed by atoms with Crippen LogP contribution in [-0.4, -0.2) is 35.8 Å². The van der Waals surface area contributed by atoms with Crippen molar-refractivity contribution < 1.29 is 19.6 Å². The minimum Gasteiger partial charge on any atom is -0.465 e. The van der Waals surface area contributed by atoms with Gasteiger partial charge in [0.1, 0.15) is 11.0 Å². The molecule has 0 amide bonds. The van der Waals surface area contributed by atoms with Crippen molar-refractivity contribution >= 4 is 17.3 Å². The van der Waals surface area contributed by atoms with Crippen molar-refractivity contribution in [1.29, 1.82) is 0 Å². The first-order chi connectivity index (χ1) is 8.02. The first-order valence-electron chi connectivity index (χ1n) is 5.00. The number of hydrogen-bond donors (Lipinski definition) is 1. The average molecular weight is 259 g/mol. The number of esters is 1. The van der Waals surface area contributed by atoms with Gasteiger partial charge in [0.2, 0.25) is 6.54 Å². The molecule has 0 saturated heterocycles. The molecule has 1 unspecified atom stereocenters. The summed E-state index contributed by atoms with van der Waals surface area (Å²) in [5.41, 5.74) is 0. The highest BCUT2D eigenvalue weighted by Crippen LogP contribution is 2.19. The van der Waals surface area contributed by atoms with Gasteiger partial charge in [-0.05, 0) is 25.0 Å². The van der Waals surface area contributed by atoms with Crippen LogP contribution in [0.1, 0.15) is 21.0 Å². The molecule has 1 heterocycles. The molecule has 0 fully saturated rings. The zero-order valence-electron chi connectivity index (χ0n) is 9.29. The Bertz CT molecular complexity index is 403. The Labute approximate surface area is 102 Å². The molecule has 0 aliphatic heterocycles. The van der Waals surface area contributed by atoms with E-state index in [1.807, 2.05) is 0 Å². The maximum atomic E-state index is 11.2. The Hall–Kier alpha value is -1.47. The summed E-state index contributed by atoms with van der Waals surface area (Å²) in [5, 5.41) is 19.5. The summed E-state index contributed by atoms with van der Waals surface area (Å²) in [6.07, 6.45) is -0.132. The fraction of sp³-hybridized carbons (Fsp3) is 0.500. The summed E-state index contributed by atoms with van der Waals surface area (Å²) in [6.45, 7) is -0.449. The molecule has 0 saturated carbocycles. The number of thiophene rings is 1. The Morgan fingerprint density at radius 3 is 2.94 bits per heavy atom. The maximum absolute atomic E-state index is 11.2. The largest absolute Gasteiger partial charge is 0.465 e. The molecule has 1 rings (SSSR count). The van der Waals surface area contributed by atoms with Crippen LogP contribution in [-0.2, 0) is 11.2 Å². The van der Waals surface area contributed by atoms with Crippen molar-refractivity contribution in [3.8, 4) is 0 Å². The number of aryl methyl sites for hydroxylation is 1. The molecule has 0 aromatic carbocycles. The highest BCUT2D eigenvalue weighted by Gasteiger charge is 2.13. The van der Waals surface area contributed by atoms with E-state index in [4.69, 9.17) is 0 Å². The van der Waals surface area contributed by atoms with Gasteiger partial charge in [-0.25, -0.2) is 4.79 Å². The number of carbonyl (C=O) groups is 1. The van der Waals surface area contributed by atoms with E-state index in [9.17, 15) is 20.0 Å². The van der Waals surface area contributed by atoms with E-state index < -0.39 is 23.5 Å². The van der Waals surface area contributed by atoms with Crippen molar-refractivity contribution in [3.63, 3.8) is 0 Å². The highest BCUT2D eigenvalue weighted by molar-refractivity contribution is 7.13. The zero-order chi connectivity index (χ0) is 12.8. The van der Waals surface area contributed by atoms with Crippen LogP contribution in [0, 0.1) is 10.1 Å². The van der Waals surface area contributed by atoms with Crippen molar-refractivity contribution in [3.05, 3.63) is 32.0 Å². The predicted octanol–water partition coefficient (Wildman–Crippen LogP) is 1.10. The van der Waals surface area contributed by atoms with Gasteiger partial charge < -0.3 is 9.84 Å². The quantitative estimate of drug-likeness (QED) is 0.469. The van der Waals surface area contributed by atoms with Crippen LogP contribution in [0.2, 0.25) is 0 Å². The first kappa shape index (κ1) is 13.6. The molecular formula is C10H13NO5S. The number of carbonyl (C=O) groups excluding carboxylic acids is 1. The summed E-state index contributed by atoms with van der Waals surface area (Å²) in [7, 11) is 1.31. The van der Waals surface area contributed by atoms with E-state index in [1.54, 1.807) is 12.1 Å². The smallest absolute Gasteiger partial charge is 0.348 e.